The molecule has 6 aromatic rings. The van der Waals surface area contributed by atoms with Crippen LogP contribution in [0.5, 0.6) is 0 Å². The molecule has 2 aromatic carbocycles. The van der Waals surface area contributed by atoms with Crippen molar-refractivity contribution in [3.05, 3.63) is 118 Å². The van der Waals surface area contributed by atoms with E-state index >= 15 is 0 Å². The first-order chi connectivity index (χ1) is 35.7. The maximum atomic E-state index is 13.0. The number of anilines is 4. The fourth-order valence-corrected chi connectivity index (χ4v) is 10.4. The van der Waals surface area contributed by atoms with E-state index in [1.807, 2.05) is 83.9 Å². The molecule has 18 heteroatoms. The highest BCUT2D eigenvalue weighted by atomic mass is 79.9. The van der Waals surface area contributed by atoms with Crippen molar-refractivity contribution in [2.75, 3.05) is 36.8 Å². The molecule has 2 atom stereocenters. The number of halogens is 2. The molecule has 0 bridgehead atoms. The summed E-state index contributed by atoms with van der Waals surface area (Å²) in [5.74, 6) is 2.19. The molecule has 2 unspecified atom stereocenters. The molecule has 0 radical (unpaired) electrons. The van der Waals surface area contributed by atoms with Gasteiger partial charge in [0, 0.05) is 87.9 Å². The number of nitrogens with zero attached hydrogens (tertiary/aromatic N) is 10. The monoisotopic (exact) mass is 1090 g/mol. The van der Waals surface area contributed by atoms with E-state index in [2.05, 4.69) is 88.1 Å². The van der Waals surface area contributed by atoms with Crippen molar-refractivity contribution < 1.29 is 19.1 Å². The van der Waals surface area contributed by atoms with Crippen LogP contribution in [0.1, 0.15) is 127 Å². The van der Waals surface area contributed by atoms with E-state index in [-0.39, 0.29) is 42.1 Å². The molecule has 2 aliphatic carbocycles. The van der Waals surface area contributed by atoms with Gasteiger partial charge in [-0.05, 0) is 131 Å². The summed E-state index contributed by atoms with van der Waals surface area (Å²) >= 11 is 9.27. The van der Waals surface area contributed by atoms with Gasteiger partial charge in [-0.15, -0.1) is 0 Å². The molecule has 2 fully saturated rings. The Hall–Kier alpha value is -5.75. The van der Waals surface area contributed by atoms with Gasteiger partial charge in [0.05, 0.1) is 53.9 Å². The Bertz CT molecular complexity index is 2750. The second-order valence-corrected chi connectivity index (χ2v) is 21.1. The molecule has 6 heterocycles. The average Bonchev–Trinajstić information content (AvgIpc) is 3.83. The van der Waals surface area contributed by atoms with E-state index < -0.39 is 0 Å². The number of likely N-dealkylation sites (tertiary alicyclic amines) is 2. The molecule has 396 valence electrons. The highest BCUT2D eigenvalue weighted by molar-refractivity contribution is 9.10. The summed E-state index contributed by atoms with van der Waals surface area (Å²) in [5, 5.41) is 14.8. The third kappa shape index (κ3) is 16.1. The van der Waals surface area contributed by atoms with Gasteiger partial charge in [0.25, 0.3) is 0 Å². The van der Waals surface area contributed by atoms with Crippen LogP contribution >= 0.6 is 27.5 Å². The van der Waals surface area contributed by atoms with Gasteiger partial charge in [-0.3, -0.25) is 19.0 Å². The summed E-state index contributed by atoms with van der Waals surface area (Å²) in [7, 11) is 3.71. The van der Waals surface area contributed by atoms with Crippen molar-refractivity contribution in [2.45, 2.75) is 142 Å². The Morgan fingerprint density at radius 2 is 1.16 bits per heavy atom. The molecule has 2 amide bonds. The lowest BCUT2D eigenvalue weighted by atomic mass is 9.88. The molecule has 4 aromatic heterocycles. The maximum Gasteiger partial charge on any atom is 0.228 e. The quantitative estimate of drug-likeness (QED) is 0.0830. The predicted molar refractivity (Wildman–Crippen MR) is 296 cm³/mol. The van der Waals surface area contributed by atoms with Gasteiger partial charge in [-0.25, -0.2) is 19.9 Å². The van der Waals surface area contributed by atoms with Crippen LogP contribution in [0.2, 0.25) is 5.15 Å². The van der Waals surface area contributed by atoms with Crippen molar-refractivity contribution in [3.63, 3.8) is 0 Å². The number of carbonyl (C=O) groups is 2. The molecule has 74 heavy (non-hydrogen) atoms. The summed E-state index contributed by atoms with van der Waals surface area (Å²) in [4.78, 5) is 46.5. The lowest BCUT2D eigenvalue weighted by Gasteiger charge is -2.40. The molecule has 4 aliphatic rings. The third-order valence-electron chi connectivity index (χ3n) is 13.3. The van der Waals surface area contributed by atoms with Crippen LogP contribution in [0.4, 0.5) is 23.3 Å². The summed E-state index contributed by atoms with van der Waals surface area (Å²) in [6, 6.07) is 16.7. The Balaban J connectivity index is 0.000000175. The number of hydrogen-bond acceptors (Lipinski definition) is 12. The standard InChI is InChI=1S/C27H34N6O2.C19H26BrNO2.C8H8ClN5.C2H6/c1-18(2)35-23-16-33(17-23)26(34)13-20-7-5-4-6-19-12-21(8-9-24(19)20)25-10-11-28-27(31-25)30-22-14-29-32(3)15-22;1-13(2)23-17-11-21(12-17)19(22)10-15-6-4-3-5-14-9-16(20)7-8-18(14)15;1-14-5-6(4-11-14)12-8-10-3-2-7(9)13-8;1-2/h8-12,14-15,18,20,23H,4-7,13,16-17H2,1-3H3,(H,28,30,31);7-9,13,15,17H,3-6,10-12H2,1-2H3;2-5H,1H3,(H,10,12,13);1-2H3. The number of nitrogens with one attached hydrogen (secondary N) is 2. The molecule has 2 N–H and O–H groups in total. The zero-order valence-electron chi connectivity index (χ0n) is 44.3. The predicted octanol–water partition coefficient (Wildman–Crippen LogP) is 11.4. The summed E-state index contributed by atoms with van der Waals surface area (Å²) in [5.41, 5.74) is 9.08. The van der Waals surface area contributed by atoms with Gasteiger partial charge in [-0.2, -0.15) is 10.2 Å². The van der Waals surface area contributed by atoms with Crippen LogP contribution in [0.25, 0.3) is 11.3 Å². The van der Waals surface area contributed by atoms with Gasteiger partial charge in [0.1, 0.15) is 5.15 Å². The van der Waals surface area contributed by atoms with Gasteiger partial charge in [-0.1, -0.05) is 72.4 Å². The third-order valence-corrected chi connectivity index (χ3v) is 14.0. The first-order valence-corrected chi connectivity index (χ1v) is 27.5. The molecule has 0 saturated carbocycles. The Labute approximate surface area is 450 Å². The first-order valence-electron chi connectivity index (χ1n) is 26.3. The van der Waals surface area contributed by atoms with Crippen molar-refractivity contribution >= 4 is 62.6 Å². The zero-order chi connectivity index (χ0) is 52.7. The van der Waals surface area contributed by atoms with Crippen molar-refractivity contribution in [1.29, 1.82) is 0 Å². The lowest BCUT2D eigenvalue weighted by Crippen LogP contribution is -2.55. The van der Waals surface area contributed by atoms with E-state index in [0.29, 0.717) is 35.8 Å². The van der Waals surface area contributed by atoms with Gasteiger partial charge in [0.2, 0.25) is 23.7 Å². The number of aromatic nitrogens is 8. The number of fused-ring (bicyclic) bond motifs is 2. The second kappa shape index (κ2) is 27.2. The van der Waals surface area contributed by atoms with Crippen LogP contribution in [-0.4, -0.2) is 112 Å². The fourth-order valence-electron chi connectivity index (χ4n) is 9.83. The summed E-state index contributed by atoms with van der Waals surface area (Å²) in [6.45, 7) is 15.1. The van der Waals surface area contributed by atoms with Crippen LogP contribution in [0.3, 0.4) is 0 Å². The minimum absolute atomic E-state index is 0.188. The Morgan fingerprint density at radius 3 is 1.65 bits per heavy atom. The molecule has 2 aliphatic heterocycles. The van der Waals surface area contributed by atoms with Crippen molar-refractivity contribution in [2.24, 2.45) is 14.1 Å². The van der Waals surface area contributed by atoms with E-state index in [0.717, 1.165) is 91.8 Å². The topological polar surface area (TPSA) is 170 Å². The minimum Gasteiger partial charge on any atom is -0.372 e. The van der Waals surface area contributed by atoms with E-state index in [1.165, 1.54) is 35.1 Å². The van der Waals surface area contributed by atoms with Crippen molar-refractivity contribution in [3.8, 4) is 11.3 Å². The molecule has 16 nitrogen and oxygen atoms in total. The fraction of sp³-hybridized carbons (Fsp3) is 0.500. The zero-order valence-corrected chi connectivity index (χ0v) is 46.6. The molecule has 2 saturated heterocycles. The number of hydrogen-bond donors (Lipinski definition) is 2. The van der Waals surface area contributed by atoms with Crippen molar-refractivity contribution in [1.82, 2.24) is 49.3 Å². The Morgan fingerprint density at radius 1 is 0.676 bits per heavy atom. The van der Waals surface area contributed by atoms with Crippen LogP contribution < -0.4 is 10.6 Å². The normalized spacial score (nSPS) is 17.4. The van der Waals surface area contributed by atoms with Gasteiger partial charge < -0.3 is 29.9 Å². The van der Waals surface area contributed by atoms with E-state index in [9.17, 15) is 9.59 Å². The summed E-state index contributed by atoms with van der Waals surface area (Å²) < 4.78 is 16.1. The summed E-state index contributed by atoms with van der Waals surface area (Å²) in [6.07, 6.45) is 21.7. The second-order valence-electron chi connectivity index (χ2n) is 19.8. The van der Waals surface area contributed by atoms with Crippen LogP contribution in [0.15, 0.2) is 90.2 Å². The average molecular weight is 1090 g/mol. The molecular formula is C56H74BrClN12O4. The smallest absolute Gasteiger partial charge is 0.228 e. The first kappa shape index (κ1) is 56.0. The minimum atomic E-state index is 0.188. The molecule has 0 spiro atoms. The number of aryl methyl sites for hydroxylation is 4. The van der Waals surface area contributed by atoms with Gasteiger partial charge >= 0.3 is 0 Å². The van der Waals surface area contributed by atoms with Crippen LogP contribution in [-0.2, 0) is 46.0 Å². The number of amides is 2. The largest absolute Gasteiger partial charge is 0.372 e. The van der Waals surface area contributed by atoms with Crippen LogP contribution in [0, 0.1) is 0 Å². The lowest BCUT2D eigenvalue weighted by molar-refractivity contribution is -0.149. The van der Waals surface area contributed by atoms with E-state index in [1.54, 1.807) is 40.2 Å². The SMILES string of the molecule is CC.CC(C)OC1CN(C(=O)CC2CCCCc3cc(-c4ccnc(Nc5cnn(C)c5)n4)ccc32)C1.CC(C)OC1CN(C(=O)CC2CCCCc3cc(Br)ccc32)C1.Cn1cc(Nc2nccc(Cl)n2)cn1. The maximum absolute atomic E-state index is 13.0. The number of rotatable bonds is 13. The molecular weight excluding hydrogens is 1020 g/mol. The van der Waals surface area contributed by atoms with E-state index in [4.69, 9.17) is 26.1 Å². The Kier molecular flexibility index (Phi) is 20.5. The molecule has 10 rings (SSSR count). The highest BCUT2D eigenvalue weighted by Crippen LogP contribution is 2.37. The number of carbonyl (C=O) groups excluding carboxylic acids is 2. The highest BCUT2D eigenvalue weighted by Gasteiger charge is 2.35. The van der Waals surface area contributed by atoms with Gasteiger partial charge in [0.15, 0.2) is 0 Å². The number of ether oxygens (including phenoxy) is 2. The number of benzene rings is 2.